The van der Waals surface area contributed by atoms with E-state index < -0.39 is 79.4 Å². The molecular formula is C18H32N4O9. The number of aliphatic carboxylic acids is 2. The third kappa shape index (κ3) is 10.7. The molecule has 0 fully saturated rings. The first-order chi connectivity index (χ1) is 14.3. The highest BCUT2D eigenvalue weighted by atomic mass is 16.4. The van der Waals surface area contributed by atoms with Gasteiger partial charge in [0.25, 0.3) is 0 Å². The Morgan fingerprint density at radius 3 is 1.84 bits per heavy atom. The number of aliphatic hydroxyl groups is 2. The van der Waals surface area contributed by atoms with Crippen molar-refractivity contribution in [3.8, 4) is 0 Å². The normalized spacial score (nSPS) is 15.8. The number of hydrogen-bond donors (Lipinski definition) is 8. The topological polar surface area (TPSA) is 228 Å². The number of nitrogens with one attached hydrogen (secondary N) is 3. The zero-order valence-electron chi connectivity index (χ0n) is 17.7. The molecule has 9 N–H and O–H groups in total. The first-order valence-corrected chi connectivity index (χ1v) is 9.70. The average Bonchev–Trinajstić information content (AvgIpc) is 2.65. The third-order valence-corrected chi connectivity index (χ3v) is 4.20. The molecule has 13 nitrogen and oxygen atoms in total. The van der Waals surface area contributed by atoms with Gasteiger partial charge in [0, 0.05) is 6.42 Å². The fourth-order valence-electron chi connectivity index (χ4n) is 2.54. The van der Waals surface area contributed by atoms with Gasteiger partial charge in [0.05, 0.1) is 18.8 Å². The van der Waals surface area contributed by atoms with Gasteiger partial charge in [-0.1, -0.05) is 13.8 Å². The minimum Gasteiger partial charge on any atom is -0.481 e. The first-order valence-electron chi connectivity index (χ1n) is 9.70. The van der Waals surface area contributed by atoms with Gasteiger partial charge in [-0.2, -0.15) is 0 Å². The summed E-state index contributed by atoms with van der Waals surface area (Å²) in [5, 5.41) is 43.2. The lowest BCUT2D eigenvalue weighted by Gasteiger charge is -2.26. The van der Waals surface area contributed by atoms with Crippen molar-refractivity contribution in [2.45, 2.75) is 70.3 Å². The summed E-state index contributed by atoms with van der Waals surface area (Å²) in [5.74, 6) is -5.47. The molecule has 5 unspecified atom stereocenters. The lowest BCUT2D eigenvalue weighted by Crippen LogP contribution is -2.60. The minimum absolute atomic E-state index is 0.0948. The number of carbonyl (C=O) groups excluding carboxylic acids is 3. The van der Waals surface area contributed by atoms with Crippen molar-refractivity contribution in [1.29, 1.82) is 0 Å². The van der Waals surface area contributed by atoms with E-state index in [0.717, 1.165) is 0 Å². The summed E-state index contributed by atoms with van der Waals surface area (Å²) in [4.78, 5) is 59.0. The molecule has 13 heteroatoms. The number of amides is 3. The molecule has 0 rings (SSSR count). The molecule has 0 aliphatic carbocycles. The van der Waals surface area contributed by atoms with Crippen LogP contribution in [0.25, 0.3) is 0 Å². The molecule has 31 heavy (non-hydrogen) atoms. The monoisotopic (exact) mass is 448 g/mol. The summed E-state index contributed by atoms with van der Waals surface area (Å²) in [7, 11) is 0. The molecule has 0 aromatic rings. The van der Waals surface area contributed by atoms with E-state index in [0.29, 0.717) is 6.42 Å². The van der Waals surface area contributed by atoms with Crippen molar-refractivity contribution in [2.24, 2.45) is 11.7 Å². The Balaban J connectivity index is 5.39. The van der Waals surface area contributed by atoms with Crippen LogP contribution >= 0.6 is 0 Å². The Labute approximate surface area is 179 Å². The molecule has 3 amide bonds. The van der Waals surface area contributed by atoms with Gasteiger partial charge in [-0.3, -0.25) is 19.2 Å². The number of rotatable bonds is 14. The van der Waals surface area contributed by atoms with Crippen molar-refractivity contribution < 1.29 is 44.4 Å². The average molecular weight is 448 g/mol. The summed E-state index contributed by atoms with van der Waals surface area (Å²) < 4.78 is 0. The van der Waals surface area contributed by atoms with Crippen LogP contribution in [0.1, 0.15) is 40.0 Å². The van der Waals surface area contributed by atoms with Crippen molar-refractivity contribution in [1.82, 2.24) is 16.0 Å². The molecule has 0 bridgehead atoms. The second-order valence-corrected chi connectivity index (χ2v) is 7.54. The number of carboxylic acids is 2. The molecule has 0 radical (unpaired) electrons. The van der Waals surface area contributed by atoms with Crippen LogP contribution in [0.4, 0.5) is 0 Å². The molecule has 0 heterocycles. The van der Waals surface area contributed by atoms with Gasteiger partial charge < -0.3 is 42.1 Å². The van der Waals surface area contributed by atoms with Crippen LogP contribution in [-0.2, 0) is 24.0 Å². The predicted octanol–water partition coefficient (Wildman–Crippen LogP) is -2.86. The maximum atomic E-state index is 12.6. The lowest BCUT2D eigenvalue weighted by molar-refractivity contribution is -0.144. The Morgan fingerprint density at radius 2 is 1.42 bits per heavy atom. The minimum atomic E-state index is -1.67. The van der Waals surface area contributed by atoms with Crippen molar-refractivity contribution in [3.05, 3.63) is 0 Å². The van der Waals surface area contributed by atoms with E-state index in [4.69, 9.17) is 21.1 Å². The highest BCUT2D eigenvalue weighted by molar-refractivity contribution is 5.94. The maximum Gasteiger partial charge on any atom is 0.328 e. The molecule has 0 aromatic heterocycles. The predicted molar refractivity (Wildman–Crippen MR) is 106 cm³/mol. The second kappa shape index (κ2) is 13.5. The number of aliphatic hydroxyl groups excluding tert-OH is 2. The van der Waals surface area contributed by atoms with Gasteiger partial charge in [-0.15, -0.1) is 0 Å². The van der Waals surface area contributed by atoms with Gasteiger partial charge in [0.1, 0.15) is 18.1 Å². The first kappa shape index (κ1) is 28.2. The standard InChI is InChI=1S/C18H32N4O9/c1-8(2)6-10(19)15(27)22-14(9(3)24)17(29)20-11(4-5-13(25)26)16(28)21-12(7-23)18(30)31/h8-12,14,23-24H,4-7,19H2,1-3H3,(H,20,29)(H,21,28)(H,22,27)(H,25,26)(H,30,31). The van der Waals surface area contributed by atoms with Crippen LogP contribution in [0.15, 0.2) is 0 Å². The molecule has 0 aliphatic heterocycles. The van der Waals surface area contributed by atoms with Crippen molar-refractivity contribution in [3.63, 3.8) is 0 Å². The van der Waals surface area contributed by atoms with Crippen molar-refractivity contribution >= 4 is 29.7 Å². The summed E-state index contributed by atoms with van der Waals surface area (Å²) in [5.41, 5.74) is 5.76. The van der Waals surface area contributed by atoms with Gasteiger partial charge in [-0.25, -0.2) is 4.79 Å². The number of carbonyl (C=O) groups is 5. The SMILES string of the molecule is CC(C)CC(N)C(=O)NC(C(=O)NC(CCC(=O)O)C(=O)NC(CO)C(=O)O)C(C)O. The summed E-state index contributed by atoms with van der Waals surface area (Å²) >= 11 is 0. The quantitative estimate of drug-likeness (QED) is 0.135. The second-order valence-electron chi connectivity index (χ2n) is 7.54. The lowest BCUT2D eigenvalue weighted by atomic mass is 10.0. The van der Waals surface area contributed by atoms with Gasteiger partial charge >= 0.3 is 11.9 Å². The van der Waals surface area contributed by atoms with Crippen molar-refractivity contribution in [2.75, 3.05) is 6.61 Å². The Morgan fingerprint density at radius 1 is 0.871 bits per heavy atom. The van der Waals surface area contributed by atoms with Crippen LogP contribution in [0, 0.1) is 5.92 Å². The zero-order valence-corrected chi connectivity index (χ0v) is 17.7. The highest BCUT2D eigenvalue weighted by Gasteiger charge is 2.32. The molecule has 0 saturated carbocycles. The van der Waals surface area contributed by atoms with E-state index >= 15 is 0 Å². The zero-order chi connectivity index (χ0) is 24.3. The largest absolute Gasteiger partial charge is 0.481 e. The van der Waals surface area contributed by atoms with E-state index in [1.165, 1.54) is 6.92 Å². The molecule has 0 spiro atoms. The molecule has 0 aliphatic rings. The summed E-state index contributed by atoms with van der Waals surface area (Å²) in [6.07, 6.45) is -2.01. The Bertz CT molecular complexity index is 654. The molecule has 5 atom stereocenters. The van der Waals surface area contributed by atoms with Gasteiger partial charge in [0.15, 0.2) is 0 Å². The van der Waals surface area contributed by atoms with Crippen LogP contribution < -0.4 is 21.7 Å². The number of hydrogen-bond acceptors (Lipinski definition) is 8. The highest BCUT2D eigenvalue weighted by Crippen LogP contribution is 2.05. The van der Waals surface area contributed by atoms with Crippen LogP contribution in [0.3, 0.4) is 0 Å². The fourth-order valence-corrected chi connectivity index (χ4v) is 2.54. The van der Waals surface area contributed by atoms with Crippen LogP contribution in [-0.4, -0.2) is 87.0 Å². The maximum absolute atomic E-state index is 12.6. The van der Waals surface area contributed by atoms with E-state index in [1.807, 2.05) is 19.2 Å². The van der Waals surface area contributed by atoms with E-state index in [2.05, 4.69) is 10.6 Å². The Kier molecular flexibility index (Phi) is 12.3. The number of nitrogens with two attached hydrogens (primary N) is 1. The van der Waals surface area contributed by atoms with E-state index in [1.54, 1.807) is 0 Å². The molecule has 178 valence electrons. The summed E-state index contributed by atoms with van der Waals surface area (Å²) in [6, 6.07) is -5.61. The van der Waals surface area contributed by atoms with Crippen LogP contribution in [0.5, 0.6) is 0 Å². The molecular weight excluding hydrogens is 416 g/mol. The Hall–Kier alpha value is -2.77. The summed E-state index contributed by atoms with van der Waals surface area (Å²) in [6.45, 7) is 3.97. The van der Waals surface area contributed by atoms with Crippen LogP contribution in [0.2, 0.25) is 0 Å². The van der Waals surface area contributed by atoms with E-state index in [9.17, 15) is 29.1 Å². The van der Waals surface area contributed by atoms with E-state index in [-0.39, 0.29) is 5.92 Å². The molecule has 0 saturated heterocycles. The fraction of sp³-hybridized carbons (Fsp3) is 0.722. The number of carboxylic acid groups (broad SMARTS) is 2. The third-order valence-electron chi connectivity index (χ3n) is 4.20. The van der Waals surface area contributed by atoms with Gasteiger partial charge in [0.2, 0.25) is 17.7 Å². The van der Waals surface area contributed by atoms with Gasteiger partial charge in [-0.05, 0) is 25.7 Å². The smallest absolute Gasteiger partial charge is 0.328 e. The molecule has 0 aromatic carbocycles.